The molecule has 2 saturated heterocycles. The zero-order chi connectivity index (χ0) is 19.6. The molecule has 1 N–H and O–H groups in total. The van der Waals surface area contributed by atoms with E-state index in [1.54, 1.807) is 16.2 Å². The second-order valence-electron chi connectivity index (χ2n) is 7.95. The Hall–Kier alpha value is -1.93. The van der Waals surface area contributed by atoms with Gasteiger partial charge in [-0.2, -0.15) is 0 Å². The van der Waals surface area contributed by atoms with Crippen molar-refractivity contribution in [1.29, 1.82) is 0 Å². The zero-order valence-electron chi connectivity index (χ0n) is 16.0. The molecular formula is C20H27N3O4S. The second-order valence-corrected chi connectivity index (χ2v) is 8.99. The Labute approximate surface area is 169 Å². The lowest BCUT2D eigenvalue weighted by Gasteiger charge is -2.31. The second kappa shape index (κ2) is 8.21. The zero-order valence-corrected chi connectivity index (χ0v) is 16.8. The molecular weight excluding hydrogens is 378 g/mol. The van der Waals surface area contributed by atoms with Crippen molar-refractivity contribution >= 4 is 29.2 Å². The molecule has 1 aromatic rings. The Morgan fingerprint density at radius 2 is 2.11 bits per heavy atom. The fourth-order valence-corrected chi connectivity index (χ4v) is 5.15. The predicted molar refractivity (Wildman–Crippen MR) is 105 cm³/mol. The van der Waals surface area contributed by atoms with Crippen molar-refractivity contribution in [2.75, 3.05) is 19.7 Å². The van der Waals surface area contributed by atoms with Crippen LogP contribution in [0.3, 0.4) is 0 Å². The van der Waals surface area contributed by atoms with E-state index in [4.69, 9.17) is 4.74 Å². The summed E-state index contributed by atoms with van der Waals surface area (Å²) in [7, 11) is 0. The Morgan fingerprint density at radius 1 is 1.29 bits per heavy atom. The molecule has 1 aliphatic carbocycles. The number of thiophene rings is 1. The lowest BCUT2D eigenvalue weighted by atomic mass is 9.82. The quantitative estimate of drug-likeness (QED) is 0.738. The molecule has 1 unspecified atom stereocenters. The lowest BCUT2D eigenvalue weighted by Crippen LogP contribution is -2.49. The predicted octanol–water partition coefficient (Wildman–Crippen LogP) is 2.51. The first-order valence-corrected chi connectivity index (χ1v) is 11.0. The van der Waals surface area contributed by atoms with E-state index in [0.29, 0.717) is 25.9 Å². The topological polar surface area (TPSA) is 79.0 Å². The molecule has 3 aliphatic rings. The molecule has 3 fully saturated rings. The summed E-state index contributed by atoms with van der Waals surface area (Å²) >= 11 is 1.59. The standard InChI is InChI=1S/C20H27N3O4S/c24-17(14-23-18(25)20(21-19(23)26)8-2-1-3-9-20)22(12-15-6-4-10-27-15)13-16-7-5-11-28-16/h5,7,11,15H,1-4,6,8-10,12-14H2,(H,21,26). The number of nitrogens with one attached hydrogen (secondary N) is 1. The van der Waals surface area contributed by atoms with Gasteiger partial charge in [-0.25, -0.2) is 4.79 Å². The summed E-state index contributed by atoms with van der Waals surface area (Å²) in [6.45, 7) is 1.49. The van der Waals surface area contributed by atoms with Crippen molar-refractivity contribution in [3.63, 3.8) is 0 Å². The van der Waals surface area contributed by atoms with Crippen LogP contribution in [-0.4, -0.2) is 59.0 Å². The van der Waals surface area contributed by atoms with Crippen LogP contribution in [0.5, 0.6) is 0 Å². The highest BCUT2D eigenvalue weighted by Gasteiger charge is 2.51. The van der Waals surface area contributed by atoms with Crippen molar-refractivity contribution in [3.8, 4) is 0 Å². The first-order valence-electron chi connectivity index (χ1n) is 10.1. The minimum Gasteiger partial charge on any atom is -0.376 e. The summed E-state index contributed by atoms with van der Waals surface area (Å²) in [5, 5.41) is 4.86. The van der Waals surface area contributed by atoms with Crippen LogP contribution in [0.4, 0.5) is 4.79 Å². The molecule has 1 atom stereocenters. The number of carbonyl (C=O) groups excluding carboxylic acids is 3. The third-order valence-electron chi connectivity index (χ3n) is 5.97. The number of ether oxygens (including phenoxy) is 1. The van der Waals surface area contributed by atoms with Crippen LogP contribution in [0.25, 0.3) is 0 Å². The molecule has 7 nitrogen and oxygen atoms in total. The maximum absolute atomic E-state index is 13.1. The van der Waals surface area contributed by atoms with Crippen LogP contribution < -0.4 is 5.32 Å². The molecule has 4 amide bonds. The van der Waals surface area contributed by atoms with Crippen LogP contribution in [0.15, 0.2) is 17.5 Å². The van der Waals surface area contributed by atoms with Gasteiger partial charge in [0.25, 0.3) is 5.91 Å². The number of rotatable bonds is 6. The fraction of sp³-hybridized carbons (Fsp3) is 0.650. The third kappa shape index (κ3) is 3.93. The van der Waals surface area contributed by atoms with Crippen molar-refractivity contribution < 1.29 is 19.1 Å². The van der Waals surface area contributed by atoms with E-state index in [9.17, 15) is 14.4 Å². The number of carbonyl (C=O) groups is 3. The number of amides is 4. The normalized spacial score (nSPS) is 24.0. The first-order chi connectivity index (χ1) is 13.6. The summed E-state index contributed by atoms with van der Waals surface area (Å²) < 4.78 is 5.70. The Kier molecular flexibility index (Phi) is 5.68. The lowest BCUT2D eigenvalue weighted by molar-refractivity contribution is -0.140. The van der Waals surface area contributed by atoms with E-state index in [0.717, 1.165) is 48.5 Å². The minimum atomic E-state index is -0.789. The largest absolute Gasteiger partial charge is 0.376 e. The number of hydrogen-bond acceptors (Lipinski definition) is 5. The van der Waals surface area contributed by atoms with Gasteiger partial charge >= 0.3 is 6.03 Å². The number of nitrogens with zero attached hydrogens (tertiary/aromatic N) is 2. The highest BCUT2D eigenvalue weighted by atomic mass is 32.1. The van der Waals surface area contributed by atoms with Crippen LogP contribution in [0.1, 0.15) is 49.8 Å². The first kappa shape index (κ1) is 19.4. The van der Waals surface area contributed by atoms with Gasteiger partial charge in [0.2, 0.25) is 5.91 Å². The summed E-state index contributed by atoms with van der Waals surface area (Å²) in [4.78, 5) is 42.4. The van der Waals surface area contributed by atoms with E-state index in [2.05, 4.69) is 5.32 Å². The van der Waals surface area contributed by atoms with Gasteiger partial charge in [-0.3, -0.25) is 14.5 Å². The van der Waals surface area contributed by atoms with Crippen LogP contribution >= 0.6 is 11.3 Å². The summed E-state index contributed by atoms with van der Waals surface area (Å²) in [5.74, 6) is -0.445. The number of urea groups is 1. The number of imide groups is 1. The van der Waals surface area contributed by atoms with Crippen LogP contribution in [0, 0.1) is 0 Å². The average molecular weight is 406 g/mol. The van der Waals surface area contributed by atoms with Crippen LogP contribution in [-0.2, 0) is 20.9 Å². The molecule has 8 heteroatoms. The van der Waals surface area contributed by atoms with E-state index < -0.39 is 11.6 Å². The maximum atomic E-state index is 13.1. The highest BCUT2D eigenvalue weighted by Crippen LogP contribution is 2.33. The average Bonchev–Trinajstić information content (AvgIpc) is 3.42. The van der Waals surface area contributed by atoms with Gasteiger partial charge in [-0.15, -0.1) is 11.3 Å². The van der Waals surface area contributed by atoms with Crippen molar-refractivity contribution in [3.05, 3.63) is 22.4 Å². The van der Waals surface area contributed by atoms with Crippen molar-refractivity contribution in [2.45, 2.75) is 63.1 Å². The Balaban J connectivity index is 1.45. The van der Waals surface area contributed by atoms with Crippen molar-refractivity contribution in [2.24, 2.45) is 0 Å². The molecule has 1 aromatic heterocycles. The summed E-state index contributed by atoms with van der Waals surface area (Å²) in [5.41, 5.74) is -0.789. The minimum absolute atomic E-state index is 0.0247. The Bertz CT molecular complexity index is 724. The van der Waals surface area contributed by atoms with Gasteiger partial charge in [-0.05, 0) is 37.1 Å². The third-order valence-corrected chi connectivity index (χ3v) is 6.84. The van der Waals surface area contributed by atoms with Gasteiger partial charge < -0.3 is 15.0 Å². The maximum Gasteiger partial charge on any atom is 0.325 e. The summed E-state index contributed by atoms with van der Waals surface area (Å²) in [6, 6.07) is 3.51. The highest BCUT2D eigenvalue weighted by molar-refractivity contribution is 7.09. The molecule has 1 spiro atoms. The molecule has 0 bridgehead atoms. The number of hydrogen-bond donors (Lipinski definition) is 1. The van der Waals surface area contributed by atoms with E-state index >= 15 is 0 Å². The van der Waals surface area contributed by atoms with Gasteiger partial charge in [0, 0.05) is 18.0 Å². The van der Waals surface area contributed by atoms with E-state index in [1.165, 1.54) is 0 Å². The van der Waals surface area contributed by atoms with Gasteiger partial charge in [0.05, 0.1) is 12.6 Å². The van der Waals surface area contributed by atoms with Crippen LogP contribution in [0.2, 0.25) is 0 Å². The molecule has 3 heterocycles. The molecule has 4 rings (SSSR count). The van der Waals surface area contributed by atoms with Gasteiger partial charge in [-0.1, -0.05) is 25.3 Å². The fourth-order valence-electron chi connectivity index (χ4n) is 4.43. The molecule has 28 heavy (non-hydrogen) atoms. The van der Waals surface area contributed by atoms with Gasteiger partial charge in [0.15, 0.2) is 0 Å². The molecule has 152 valence electrons. The van der Waals surface area contributed by atoms with E-state index in [1.807, 2.05) is 17.5 Å². The molecule has 1 saturated carbocycles. The molecule has 0 aromatic carbocycles. The molecule has 0 radical (unpaired) electrons. The summed E-state index contributed by atoms with van der Waals surface area (Å²) in [6.07, 6.45) is 6.22. The SMILES string of the molecule is O=C(CN1C(=O)NC2(CCCCC2)C1=O)N(Cc1cccs1)CC1CCCO1. The van der Waals surface area contributed by atoms with Crippen molar-refractivity contribution in [1.82, 2.24) is 15.1 Å². The van der Waals surface area contributed by atoms with E-state index in [-0.39, 0.29) is 24.5 Å². The monoisotopic (exact) mass is 405 g/mol. The van der Waals surface area contributed by atoms with Gasteiger partial charge in [0.1, 0.15) is 12.1 Å². The smallest absolute Gasteiger partial charge is 0.325 e. The molecule has 2 aliphatic heterocycles. The Morgan fingerprint density at radius 3 is 2.79 bits per heavy atom.